The number of aliphatic hydroxyl groups is 1. The number of hydrogen-bond donors (Lipinski definition) is 3. The number of rotatable bonds is 7. The average Bonchev–Trinajstić information content (AvgIpc) is 3.04. The van der Waals surface area contributed by atoms with E-state index in [9.17, 15) is 0 Å². The molecule has 0 radical (unpaired) electrons. The summed E-state index contributed by atoms with van der Waals surface area (Å²) in [5, 5.41) is 17.0. The summed E-state index contributed by atoms with van der Waals surface area (Å²) in [6, 6.07) is 0. The van der Waals surface area contributed by atoms with E-state index in [1.54, 1.807) is 0 Å². The first-order valence-corrected chi connectivity index (χ1v) is 6.79. The molecule has 0 aromatic carbocycles. The second-order valence-corrected chi connectivity index (χ2v) is 5.40. The smallest absolute Gasteiger partial charge is 0.148 e. The summed E-state index contributed by atoms with van der Waals surface area (Å²) in [7, 11) is 0. The highest BCUT2D eigenvalue weighted by molar-refractivity contribution is 5.64. The van der Waals surface area contributed by atoms with Crippen LogP contribution < -0.4 is 11.1 Å². The van der Waals surface area contributed by atoms with Crippen LogP contribution in [0.2, 0.25) is 0 Å². The number of nitrogen functional groups attached to an aromatic ring is 1. The number of hydrogen-bond acceptors (Lipinski definition) is 4. The van der Waals surface area contributed by atoms with Crippen LogP contribution in [0, 0.1) is 12.3 Å². The van der Waals surface area contributed by atoms with Gasteiger partial charge in [-0.05, 0) is 38.0 Å². The van der Waals surface area contributed by atoms with E-state index in [1.165, 1.54) is 12.8 Å². The predicted molar refractivity (Wildman–Crippen MR) is 73.5 cm³/mol. The van der Waals surface area contributed by atoms with Gasteiger partial charge in [0.25, 0.3) is 0 Å². The highest BCUT2D eigenvalue weighted by Crippen LogP contribution is 2.48. The number of aromatic nitrogens is 2. The van der Waals surface area contributed by atoms with Crippen molar-refractivity contribution in [1.29, 1.82) is 0 Å². The summed E-state index contributed by atoms with van der Waals surface area (Å²) in [5.74, 6) is 0.943. The summed E-state index contributed by atoms with van der Waals surface area (Å²) in [6.07, 6.45) is 4.31. The molecular weight excluding hydrogens is 228 g/mol. The summed E-state index contributed by atoms with van der Waals surface area (Å²) in [4.78, 5) is 0. The summed E-state index contributed by atoms with van der Waals surface area (Å²) < 4.78 is 1.96. The summed E-state index contributed by atoms with van der Waals surface area (Å²) >= 11 is 0. The van der Waals surface area contributed by atoms with Crippen molar-refractivity contribution in [3.05, 3.63) is 5.69 Å². The van der Waals surface area contributed by atoms with E-state index in [0.29, 0.717) is 0 Å². The van der Waals surface area contributed by atoms with Gasteiger partial charge in [0, 0.05) is 19.7 Å². The van der Waals surface area contributed by atoms with Gasteiger partial charge in [-0.25, -0.2) is 4.68 Å². The maximum Gasteiger partial charge on any atom is 0.148 e. The van der Waals surface area contributed by atoms with E-state index in [2.05, 4.69) is 17.3 Å². The number of nitrogens with zero attached hydrogens (tertiary/aromatic N) is 2. The molecule has 1 heterocycles. The molecule has 0 unspecified atom stereocenters. The third-order valence-electron chi connectivity index (χ3n) is 3.84. The number of aryl methyl sites for hydroxylation is 2. The Morgan fingerprint density at radius 3 is 2.78 bits per heavy atom. The fourth-order valence-electron chi connectivity index (χ4n) is 2.36. The minimum atomic E-state index is 0.268. The Morgan fingerprint density at radius 1 is 1.50 bits per heavy atom. The SMILES string of the molecule is CCCn1nc(C)c(N)c1NCC1(CCO)CC1. The minimum Gasteiger partial charge on any atom is -0.396 e. The molecule has 4 N–H and O–H groups in total. The van der Waals surface area contributed by atoms with Crippen molar-refractivity contribution in [2.45, 2.75) is 46.1 Å². The van der Waals surface area contributed by atoms with Crippen molar-refractivity contribution < 1.29 is 5.11 Å². The van der Waals surface area contributed by atoms with Crippen LogP contribution in [-0.2, 0) is 6.54 Å². The molecular formula is C13H24N4O. The monoisotopic (exact) mass is 252 g/mol. The lowest BCUT2D eigenvalue weighted by Crippen LogP contribution is -2.19. The second kappa shape index (κ2) is 5.18. The fraction of sp³-hybridized carbons (Fsp3) is 0.769. The molecule has 0 bridgehead atoms. The standard InChI is InChI=1S/C13H24N4O/c1-3-7-17-12(11(14)10(2)16-17)15-9-13(4-5-13)6-8-18/h15,18H,3-9,14H2,1-2H3. The Hall–Kier alpha value is -1.23. The first kappa shape index (κ1) is 13.2. The molecule has 18 heavy (non-hydrogen) atoms. The van der Waals surface area contributed by atoms with E-state index >= 15 is 0 Å². The van der Waals surface area contributed by atoms with Crippen LogP contribution >= 0.6 is 0 Å². The van der Waals surface area contributed by atoms with Crippen LogP contribution in [0.5, 0.6) is 0 Å². The van der Waals surface area contributed by atoms with Gasteiger partial charge in [-0.15, -0.1) is 0 Å². The van der Waals surface area contributed by atoms with Gasteiger partial charge in [0.15, 0.2) is 0 Å². The molecule has 0 atom stereocenters. The molecule has 2 rings (SSSR count). The van der Waals surface area contributed by atoms with Crippen LogP contribution in [0.4, 0.5) is 11.5 Å². The first-order chi connectivity index (χ1) is 8.62. The largest absolute Gasteiger partial charge is 0.396 e. The van der Waals surface area contributed by atoms with Crippen molar-refractivity contribution in [1.82, 2.24) is 9.78 Å². The van der Waals surface area contributed by atoms with Gasteiger partial charge in [0.2, 0.25) is 0 Å². The molecule has 102 valence electrons. The third-order valence-corrected chi connectivity index (χ3v) is 3.84. The number of nitrogens with one attached hydrogen (secondary N) is 1. The highest BCUT2D eigenvalue weighted by Gasteiger charge is 2.41. The maximum absolute atomic E-state index is 9.07. The highest BCUT2D eigenvalue weighted by atomic mass is 16.3. The minimum absolute atomic E-state index is 0.268. The normalized spacial score (nSPS) is 16.8. The zero-order valence-corrected chi connectivity index (χ0v) is 11.4. The third kappa shape index (κ3) is 2.61. The van der Waals surface area contributed by atoms with Gasteiger partial charge in [0.05, 0.1) is 11.4 Å². The molecule has 1 aliphatic rings. The molecule has 0 spiro atoms. The Morgan fingerprint density at radius 2 is 2.22 bits per heavy atom. The number of anilines is 2. The van der Waals surface area contributed by atoms with E-state index in [4.69, 9.17) is 10.8 Å². The molecule has 0 amide bonds. The van der Waals surface area contributed by atoms with Crippen LogP contribution in [0.25, 0.3) is 0 Å². The maximum atomic E-state index is 9.07. The molecule has 5 heteroatoms. The van der Waals surface area contributed by atoms with Gasteiger partial charge in [-0.1, -0.05) is 6.92 Å². The van der Waals surface area contributed by atoms with Gasteiger partial charge < -0.3 is 16.2 Å². The Kier molecular flexibility index (Phi) is 3.80. The van der Waals surface area contributed by atoms with Crippen molar-refractivity contribution in [3.8, 4) is 0 Å². The summed E-state index contributed by atoms with van der Waals surface area (Å²) in [5.41, 5.74) is 7.99. The van der Waals surface area contributed by atoms with Gasteiger partial charge in [0.1, 0.15) is 5.82 Å². The topological polar surface area (TPSA) is 76.1 Å². The average molecular weight is 252 g/mol. The fourth-order valence-corrected chi connectivity index (χ4v) is 2.36. The van der Waals surface area contributed by atoms with E-state index in [-0.39, 0.29) is 12.0 Å². The van der Waals surface area contributed by atoms with Gasteiger partial charge in [-0.2, -0.15) is 5.10 Å². The summed E-state index contributed by atoms with van der Waals surface area (Å²) in [6.45, 7) is 6.10. The van der Waals surface area contributed by atoms with Crippen molar-refractivity contribution in [3.63, 3.8) is 0 Å². The number of aliphatic hydroxyl groups excluding tert-OH is 1. The molecule has 5 nitrogen and oxygen atoms in total. The molecule has 0 saturated heterocycles. The second-order valence-electron chi connectivity index (χ2n) is 5.40. The van der Waals surface area contributed by atoms with Crippen molar-refractivity contribution in [2.24, 2.45) is 5.41 Å². The zero-order valence-electron chi connectivity index (χ0n) is 11.4. The van der Waals surface area contributed by atoms with Gasteiger partial charge in [-0.3, -0.25) is 0 Å². The molecule has 1 aromatic rings. The number of nitrogens with two attached hydrogens (primary N) is 1. The van der Waals surface area contributed by atoms with E-state index in [1.807, 2.05) is 11.6 Å². The molecule has 1 aliphatic carbocycles. The van der Waals surface area contributed by atoms with Crippen LogP contribution in [0.3, 0.4) is 0 Å². The molecule has 1 fully saturated rings. The van der Waals surface area contributed by atoms with Gasteiger partial charge >= 0.3 is 0 Å². The lowest BCUT2D eigenvalue weighted by atomic mass is 10.0. The van der Waals surface area contributed by atoms with E-state index in [0.717, 1.165) is 43.1 Å². The lowest BCUT2D eigenvalue weighted by molar-refractivity contribution is 0.253. The van der Waals surface area contributed by atoms with Crippen LogP contribution in [0.1, 0.15) is 38.3 Å². The van der Waals surface area contributed by atoms with Crippen molar-refractivity contribution in [2.75, 3.05) is 24.2 Å². The zero-order chi connectivity index (χ0) is 13.2. The Balaban J connectivity index is 2.04. The predicted octanol–water partition coefficient (Wildman–Crippen LogP) is 1.76. The molecule has 1 aromatic heterocycles. The first-order valence-electron chi connectivity index (χ1n) is 6.79. The van der Waals surface area contributed by atoms with E-state index < -0.39 is 0 Å². The Labute approximate surface area is 108 Å². The molecule has 0 aliphatic heterocycles. The quantitative estimate of drug-likeness (QED) is 0.691. The van der Waals surface area contributed by atoms with Crippen LogP contribution in [0.15, 0.2) is 0 Å². The van der Waals surface area contributed by atoms with Crippen LogP contribution in [-0.4, -0.2) is 28.0 Å². The molecule has 1 saturated carbocycles. The van der Waals surface area contributed by atoms with Crippen molar-refractivity contribution >= 4 is 11.5 Å². The Bertz CT molecular complexity index is 409. The lowest BCUT2D eigenvalue weighted by Gasteiger charge is -2.16.